The largest absolute Gasteiger partial charge is 0.444 e. The topological polar surface area (TPSA) is 61.8 Å². The van der Waals surface area contributed by atoms with Crippen LogP contribution in [0.3, 0.4) is 0 Å². The van der Waals surface area contributed by atoms with Crippen molar-refractivity contribution in [2.24, 2.45) is 0 Å². The number of hydrogen-bond donors (Lipinski definition) is 2. The minimum Gasteiger partial charge on any atom is -0.444 e. The van der Waals surface area contributed by atoms with Gasteiger partial charge in [-0.2, -0.15) is 26.3 Å². The highest BCUT2D eigenvalue weighted by Gasteiger charge is 2.41. The van der Waals surface area contributed by atoms with Crippen molar-refractivity contribution in [3.8, 4) is 0 Å². The maximum Gasteiger partial charge on any atom is 0.416 e. The highest BCUT2D eigenvalue weighted by atomic mass is 19.4. The summed E-state index contributed by atoms with van der Waals surface area (Å²) in [4.78, 5) is 14.6. The quantitative estimate of drug-likeness (QED) is 0.425. The summed E-state index contributed by atoms with van der Waals surface area (Å²) in [5.41, 5.74) is -2.76. The first kappa shape index (κ1) is 29.8. The van der Waals surface area contributed by atoms with Crippen molar-refractivity contribution in [3.63, 3.8) is 0 Å². The van der Waals surface area contributed by atoms with Gasteiger partial charge in [0.15, 0.2) is 0 Å². The van der Waals surface area contributed by atoms with Gasteiger partial charge in [0.2, 0.25) is 0 Å². The number of carbonyl (C=O) groups excluding carboxylic acids is 1. The second-order valence-electron chi connectivity index (χ2n) is 10.5. The summed E-state index contributed by atoms with van der Waals surface area (Å²) in [6.45, 7) is 4.54. The first-order valence-electron chi connectivity index (χ1n) is 12.2. The highest BCUT2D eigenvalue weighted by molar-refractivity contribution is 5.69. The van der Waals surface area contributed by atoms with Gasteiger partial charge in [0, 0.05) is 18.6 Å². The van der Waals surface area contributed by atoms with Gasteiger partial charge in [-0.25, -0.2) is 4.79 Å². The Morgan fingerprint density at radius 3 is 1.97 bits per heavy atom. The summed E-state index contributed by atoms with van der Waals surface area (Å²) < 4.78 is 85.1. The number of nitrogens with one attached hydrogen (secondary N) is 1. The second kappa shape index (κ2) is 11.5. The number of piperidine rings is 1. The van der Waals surface area contributed by atoms with Crippen molar-refractivity contribution in [2.75, 3.05) is 6.61 Å². The second-order valence-corrected chi connectivity index (χ2v) is 10.5. The van der Waals surface area contributed by atoms with E-state index in [4.69, 9.17) is 4.74 Å². The lowest BCUT2D eigenvalue weighted by atomic mass is 9.88. The van der Waals surface area contributed by atoms with Crippen LogP contribution in [-0.4, -0.2) is 46.4 Å². The molecule has 1 amide bonds. The van der Waals surface area contributed by atoms with Crippen molar-refractivity contribution in [1.29, 1.82) is 0 Å². The number of amides is 1. The molecule has 3 rings (SSSR count). The van der Waals surface area contributed by atoms with E-state index in [9.17, 15) is 36.2 Å². The first-order chi connectivity index (χ1) is 17.6. The molecule has 1 aliphatic heterocycles. The molecule has 2 N–H and O–H groups in total. The molecule has 0 aromatic heterocycles. The van der Waals surface area contributed by atoms with Crippen molar-refractivity contribution in [3.05, 3.63) is 70.8 Å². The molecule has 0 spiro atoms. The summed E-state index contributed by atoms with van der Waals surface area (Å²) >= 11 is 0. The van der Waals surface area contributed by atoms with Crippen LogP contribution in [-0.2, 0) is 30.1 Å². The molecular weight excluding hydrogens is 514 g/mol. The lowest BCUT2D eigenvalue weighted by Gasteiger charge is -2.45. The molecule has 1 fully saturated rings. The first-order valence-corrected chi connectivity index (χ1v) is 12.2. The average molecular weight is 547 g/mol. The van der Waals surface area contributed by atoms with Crippen LogP contribution in [0.25, 0.3) is 0 Å². The lowest BCUT2D eigenvalue weighted by molar-refractivity contribution is -0.143. The molecule has 3 atom stereocenters. The number of ether oxygens (including phenoxy) is 1. The van der Waals surface area contributed by atoms with Gasteiger partial charge >= 0.3 is 18.4 Å². The zero-order valence-electron chi connectivity index (χ0n) is 21.4. The van der Waals surface area contributed by atoms with Gasteiger partial charge in [-0.3, -0.25) is 4.90 Å². The summed E-state index contributed by atoms with van der Waals surface area (Å²) in [7, 11) is 0. The van der Waals surface area contributed by atoms with Crippen LogP contribution in [0.1, 0.15) is 55.9 Å². The van der Waals surface area contributed by atoms with Gasteiger partial charge in [-0.15, -0.1) is 0 Å². The smallest absolute Gasteiger partial charge is 0.416 e. The van der Waals surface area contributed by atoms with Crippen LogP contribution in [0, 0.1) is 0 Å². The van der Waals surface area contributed by atoms with Crippen LogP contribution in [0.5, 0.6) is 0 Å². The number of nitrogens with zero attached hydrogens (tertiary/aromatic N) is 1. The van der Waals surface area contributed by atoms with Crippen molar-refractivity contribution < 1.29 is 41.0 Å². The van der Waals surface area contributed by atoms with Crippen LogP contribution < -0.4 is 5.32 Å². The summed E-state index contributed by atoms with van der Waals surface area (Å²) in [5.74, 6) is 0. The van der Waals surface area contributed by atoms with Crippen LogP contribution >= 0.6 is 0 Å². The van der Waals surface area contributed by atoms with Crippen LogP contribution in [0.15, 0.2) is 48.5 Å². The monoisotopic (exact) mass is 546 g/mol. The number of benzene rings is 2. The third kappa shape index (κ3) is 8.10. The van der Waals surface area contributed by atoms with E-state index in [1.54, 1.807) is 20.8 Å². The normalized spacial score (nSPS) is 20.9. The Kier molecular flexibility index (Phi) is 9.03. The summed E-state index contributed by atoms with van der Waals surface area (Å²) in [5, 5.41) is 13.2. The third-order valence-corrected chi connectivity index (χ3v) is 6.27. The van der Waals surface area contributed by atoms with E-state index in [0.29, 0.717) is 25.0 Å². The fourth-order valence-corrected chi connectivity index (χ4v) is 4.67. The Morgan fingerprint density at radius 1 is 0.921 bits per heavy atom. The van der Waals surface area contributed by atoms with E-state index in [0.717, 1.165) is 5.56 Å². The fourth-order valence-electron chi connectivity index (χ4n) is 4.67. The lowest BCUT2D eigenvalue weighted by Crippen LogP contribution is -2.58. The van der Waals surface area contributed by atoms with E-state index in [1.165, 1.54) is 4.90 Å². The maximum atomic E-state index is 13.3. The number of halogens is 6. The minimum atomic E-state index is -4.93. The number of aliphatic hydroxyl groups is 1. The number of alkyl halides is 6. The Labute approximate surface area is 217 Å². The van der Waals surface area contributed by atoms with Gasteiger partial charge in [-0.05, 0) is 69.4 Å². The standard InChI is InChI=1S/C27H32F6N2O3/c1-25(2,3)38-24(37)35-22(11-17-7-5-4-6-8-17)13-21(14-23(35)16-36)34-15-18-9-19(26(28,29)30)12-20(10-18)27(31,32)33/h4-10,12,21-23,34,36H,11,13-16H2,1-3H3/t21?,22?,23-/m0/s1. The van der Waals surface area contributed by atoms with Gasteiger partial charge < -0.3 is 15.2 Å². The predicted molar refractivity (Wildman–Crippen MR) is 129 cm³/mol. The van der Waals surface area contributed by atoms with E-state index < -0.39 is 47.3 Å². The van der Waals surface area contributed by atoms with E-state index in [-0.39, 0.29) is 37.2 Å². The van der Waals surface area contributed by atoms with Crippen molar-refractivity contribution >= 4 is 6.09 Å². The molecule has 0 saturated carbocycles. The van der Waals surface area contributed by atoms with Crippen molar-refractivity contribution in [1.82, 2.24) is 10.2 Å². The molecule has 1 saturated heterocycles. The molecule has 2 aromatic rings. The minimum absolute atomic E-state index is 0.0977. The van der Waals surface area contributed by atoms with Gasteiger partial charge in [0.25, 0.3) is 0 Å². The average Bonchev–Trinajstić information content (AvgIpc) is 2.80. The zero-order valence-corrected chi connectivity index (χ0v) is 21.4. The Morgan fingerprint density at radius 2 is 1.47 bits per heavy atom. The molecule has 1 aliphatic rings. The van der Waals surface area contributed by atoms with Crippen LogP contribution in [0.2, 0.25) is 0 Å². The van der Waals surface area contributed by atoms with E-state index >= 15 is 0 Å². The molecule has 2 aromatic carbocycles. The molecule has 1 heterocycles. The number of carbonyl (C=O) groups is 1. The Balaban J connectivity index is 1.84. The van der Waals surface area contributed by atoms with Gasteiger partial charge in [0.1, 0.15) is 5.60 Å². The van der Waals surface area contributed by atoms with Gasteiger partial charge in [-0.1, -0.05) is 30.3 Å². The maximum absolute atomic E-state index is 13.3. The van der Waals surface area contributed by atoms with Crippen LogP contribution in [0.4, 0.5) is 31.1 Å². The molecule has 0 bridgehead atoms. The summed E-state index contributed by atoms with van der Waals surface area (Å²) in [6.07, 6.45) is -9.43. The highest BCUT2D eigenvalue weighted by Crippen LogP contribution is 2.36. The van der Waals surface area contributed by atoms with Crippen molar-refractivity contribution in [2.45, 2.75) is 82.7 Å². The Hall–Kier alpha value is -2.79. The molecule has 5 nitrogen and oxygen atoms in total. The number of likely N-dealkylation sites (tertiary alicyclic amines) is 1. The van der Waals surface area contributed by atoms with E-state index in [2.05, 4.69) is 5.32 Å². The predicted octanol–water partition coefficient (Wildman–Crippen LogP) is 6.19. The molecule has 11 heteroatoms. The Bertz CT molecular complexity index is 1050. The number of rotatable bonds is 6. The molecule has 0 radical (unpaired) electrons. The third-order valence-electron chi connectivity index (χ3n) is 6.27. The zero-order chi connectivity index (χ0) is 28.3. The summed E-state index contributed by atoms with van der Waals surface area (Å²) in [6, 6.07) is 9.35. The molecule has 0 aliphatic carbocycles. The SMILES string of the molecule is CC(C)(C)OC(=O)N1C(Cc2ccccc2)CC(NCc2cc(C(F)(F)F)cc(C(F)(F)F)c2)C[C@H]1CO. The fraction of sp³-hybridized carbons (Fsp3) is 0.519. The van der Waals surface area contributed by atoms with Gasteiger partial charge in [0.05, 0.1) is 23.8 Å². The molecule has 38 heavy (non-hydrogen) atoms. The number of aliphatic hydroxyl groups excluding tert-OH is 1. The molecule has 210 valence electrons. The molecular formula is C27H32F6N2O3. The van der Waals surface area contributed by atoms with E-state index in [1.807, 2.05) is 30.3 Å². The number of hydrogen-bond acceptors (Lipinski definition) is 4. The molecule has 2 unspecified atom stereocenters.